The van der Waals surface area contributed by atoms with Crippen LogP contribution < -0.4 is 5.32 Å². The fraction of sp³-hybridized carbons (Fsp3) is 0.333. The van der Waals surface area contributed by atoms with Crippen molar-refractivity contribution >= 4 is 11.8 Å². The van der Waals surface area contributed by atoms with Crippen LogP contribution in [0.1, 0.15) is 29.8 Å². The van der Waals surface area contributed by atoms with Crippen LogP contribution in [0.5, 0.6) is 0 Å². The van der Waals surface area contributed by atoms with Crippen LogP contribution in [0.2, 0.25) is 0 Å². The molecule has 0 bridgehead atoms. The molecule has 4 nitrogen and oxygen atoms in total. The number of aromatic nitrogens is 1. The van der Waals surface area contributed by atoms with Crippen LogP contribution in [0.3, 0.4) is 0 Å². The van der Waals surface area contributed by atoms with Gasteiger partial charge in [0.1, 0.15) is 11.4 Å². The van der Waals surface area contributed by atoms with E-state index in [0.29, 0.717) is 17.9 Å². The Morgan fingerprint density at radius 1 is 1.56 bits per heavy atom. The Morgan fingerprint density at radius 2 is 2.25 bits per heavy atom. The lowest BCUT2D eigenvalue weighted by Crippen LogP contribution is -2.10. The van der Waals surface area contributed by atoms with Gasteiger partial charge in [-0.25, -0.2) is 9.78 Å². The quantitative estimate of drug-likeness (QED) is 0.765. The molecule has 0 saturated carbocycles. The summed E-state index contributed by atoms with van der Waals surface area (Å²) in [6.45, 7) is 6.32. The minimum atomic E-state index is -0.953. The van der Waals surface area contributed by atoms with E-state index in [2.05, 4.69) is 10.3 Å². The fourth-order valence-corrected chi connectivity index (χ4v) is 1.31. The third-order valence-corrected chi connectivity index (χ3v) is 2.15. The number of carboxylic acid groups (broad SMARTS) is 1. The third kappa shape index (κ3) is 3.08. The van der Waals surface area contributed by atoms with Crippen LogP contribution in [-0.2, 0) is 0 Å². The maximum absolute atomic E-state index is 11.0. The Balaban J connectivity index is 2.91. The van der Waals surface area contributed by atoms with Crippen LogP contribution >= 0.6 is 0 Å². The molecule has 0 radical (unpaired) electrons. The molecule has 4 heteroatoms. The van der Waals surface area contributed by atoms with E-state index in [4.69, 9.17) is 5.11 Å². The molecule has 0 unspecified atom stereocenters. The molecule has 0 aromatic carbocycles. The molecule has 1 aromatic heterocycles. The summed E-state index contributed by atoms with van der Waals surface area (Å²) < 4.78 is 0. The van der Waals surface area contributed by atoms with Gasteiger partial charge in [-0.15, -0.1) is 0 Å². The van der Waals surface area contributed by atoms with Gasteiger partial charge in [-0.2, -0.15) is 0 Å². The van der Waals surface area contributed by atoms with Gasteiger partial charge in [-0.1, -0.05) is 11.6 Å². The summed E-state index contributed by atoms with van der Waals surface area (Å²) >= 11 is 0. The second kappa shape index (κ2) is 5.30. The lowest BCUT2D eigenvalue weighted by molar-refractivity contribution is 0.0697. The molecule has 0 aliphatic heterocycles. The molecule has 0 aliphatic carbocycles. The predicted molar refractivity (Wildman–Crippen MR) is 63.9 cm³/mol. The summed E-state index contributed by atoms with van der Waals surface area (Å²) in [6.07, 6.45) is 3.59. The smallest absolute Gasteiger partial charge is 0.339 e. The maximum atomic E-state index is 11.0. The Kier molecular flexibility index (Phi) is 4.05. The number of aromatic carboxylic acids is 1. The zero-order valence-electron chi connectivity index (χ0n) is 9.74. The van der Waals surface area contributed by atoms with Crippen molar-refractivity contribution in [3.05, 3.63) is 35.0 Å². The zero-order valence-corrected chi connectivity index (χ0v) is 9.74. The molecule has 0 fully saturated rings. The molecule has 0 spiro atoms. The van der Waals surface area contributed by atoms with E-state index in [1.807, 2.05) is 19.9 Å². The van der Waals surface area contributed by atoms with Gasteiger partial charge < -0.3 is 10.4 Å². The van der Waals surface area contributed by atoms with Crippen LogP contribution in [0.4, 0.5) is 5.82 Å². The van der Waals surface area contributed by atoms with Crippen molar-refractivity contribution in [1.29, 1.82) is 0 Å². The molecule has 2 N–H and O–H groups in total. The first-order valence-corrected chi connectivity index (χ1v) is 5.08. The van der Waals surface area contributed by atoms with Gasteiger partial charge in [0.2, 0.25) is 0 Å². The maximum Gasteiger partial charge on any atom is 0.339 e. The number of rotatable bonds is 4. The minimum absolute atomic E-state index is 0.240. The predicted octanol–water partition coefficient (Wildman–Crippen LogP) is 2.47. The molecule has 0 saturated heterocycles. The van der Waals surface area contributed by atoms with Gasteiger partial charge in [-0.3, -0.25) is 0 Å². The summed E-state index contributed by atoms with van der Waals surface area (Å²) in [7, 11) is 0. The lowest BCUT2D eigenvalue weighted by Gasteiger charge is -2.08. The van der Waals surface area contributed by atoms with E-state index in [1.54, 1.807) is 19.2 Å². The van der Waals surface area contributed by atoms with Crippen molar-refractivity contribution in [3.63, 3.8) is 0 Å². The lowest BCUT2D eigenvalue weighted by atomic mass is 10.1. The molecular formula is C12H16N2O2. The second-order valence-corrected chi connectivity index (χ2v) is 3.82. The molecule has 86 valence electrons. The summed E-state index contributed by atoms with van der Waals surface area (Å²) in [5, 5.41) is 12.1. The van der Waals surface area contributed by atoms with Crippen LogP contribution in [-0.4, -0.2) is 22.6 Å². The Bertz CT molecular complexity index is 421. The van der Waals surface area contributed by atoms with Gasteiger partial charge in [-0.05, 0) is 32.4 Å². The van der Waals surface area contributed by atoms with Crippen LogP contribution in [0, 0.1) is 6.92 Å². The van der Waals surface area contributed by atoms with E-state index >= 15 is 0 Å². The molecule has 0 amide bonds. The summed E-state index contributed by atoms with van der Waals surface area (Å²) in [4.78, 5) is 15.1. The number of pyridine rings is 1. The highest BCUT2D eigenvalue weighted by atomic mass is 16.4. The number of anilines is 1. The number of carbonyl (C=O) groups is 1. The molecule has 1 aromatic rings. The highest BCUT2D eigenvalue weighted by molar-refractivity contribution is 5.94. The molecule has 16 heavy (non-hydrogen) atoms. The topological polar surface area (TPSA) is 62.2 Å². The summed E-state index contributed by atoms with van der Waals surface area (Å²) in [5.41, 5.74) is 2.13. The number of hydrogen-bond donors (Lipinski definition) is 2. The first-order valence-electron chi connectivity index (χ1n) is 5.08. The Labute approximate surface area is 95.0 Å². The van der Waals surface area contributed by atoms with Crippen molar-refractivity contribution in [2.75, 3.05) is 11.9 Å². The van der Waals surface area contributed by atoms with Crippen LogP contribution in [0.15, 0.2) is 23.9 Å². The average Bonchev–Trinajstić information content (AvgIpc) is 2.16. The number of aryl methyl sites for hydroxylation is 1. The van der Waals surface area contributed by atoms with Crippen LogP contribution in [0.25, 0.3) is 0 Å². The number of nitrogens with one attached hydrogen (secondary N) is 1. The van der Waals surface area contributed by atoms with E-state index in [-0.39, 0.29) is 5.56 Å². The van der Waals surface area contributed by atoms with Crippen molar-refractivity contribution in [2.45, 2.75) is 20.8 Å². The first-order chi connectivity index (χ1) is 7.52. The summed E-state index contributed by atoms with van der Waals surface area (Å²) in [6, 6.07) is 1.69. The Hall–Kier alpha value is -1.84. The van der Waals surface area contributed by atoms with E-state index in [9.17, 15) is 4.79 Å². The zero-order chi connectivity index (χ0) is 12.1. The van der Waals surface area contributed by atoms with Gasteiger partial charge >= 0.3 is 5.97 Å². The van der Waals surface area contributed by atoms with Crippen molar-refractivity contribution < 1.29 is 9.90 Å². The minimum Gasteiger partial charge on any atom is -0.478 e. The second-order valence-electron chi connectivity index (χ2n) is 3.82. The number of nitrogens with zero attached hydrogens (tertiary/aromatic N) is 1. The average molecular weight is 220 g/mol. The standard InChI is InChI=1S/C12H16N2O2/c1-8(2)4-6-13-11-10(12(15)16)9(3)5-7-14-11/h4-5,7H,6H2,1-3H3,(H,13,14)(H,15,16). The fourth-order valence-electron chi connectivity index (χ4n) is 1.31. The molecular weight excluding hydrogens is 204 g/mol. The number of hydrogen-bond acceptors (Lipinski definition) is 3. The molecule has 0 atom stereocenters. The van der Waals surface area contributed by atoms with Gasteiger partial charge in [0.25, 0.3) is 0 Å². The highest BCUT2D eigenvalue weighted by Crippen LogP contribution is 2.16. The molecule has 0 aliphatic rings. The largest absolute Gasteiger partial charge is 0.478 e. The third-order valence-electron chi connectivity index (χ3n) is 2.15. The van der Waals surface area contributed by atoms with E-state index < -0.39 is 5.97 Å². The summed E-state index contributed by atoms with van der Waals surface area (Å²) in [5.74, 6) is -0.532. The Morgan fingerprint density at radius 3 is 2.81 bits per heavy atom. The molecule has 1 heterocycles. The van der Waals surface area contributed by atoms with Crippen molar-refractivity contribution in [2.24, 2.45) is 0 Å². The van der Waals surface area contributed by atoms with Gasteiger partial charge in [0.15, 0.2) is 0 Å². The van der Waals surface area contributed by atoms with E-state index in [1.165, 1.54) is 5.57 Å². The monoisotopic (exact) mass is 220 g/mol. The number of carboxylic acids is 1. The number of allylic oxidation sites excluding steroid dienone is 1. The van der Waals surface area contributed by atoms with Crippen molar-refractivity contribution in [3.8, 4) is 0 Å². The van der Waals surface area contributed by atoms with Gasteiger partial charge in [0.05, 0.1) is 0 Å². The molecule has 1 rings (SSSR count). The first kappa shape index (κ1) is 12.2. The highest BCUT2D eigenvalue weighted by Gasteiger charge is 2.13. The normalized spacial score (nSPS) is 9.69. The van der Waals surface area contributed by atoms with E-state index in [0.717, 1.165) is 0 Å². The van der Waals surface area contributed by atoms with Gasteiger partial charge in [0, 0.05) is 12.7 Å². The SMILES string of the molecule is CC(C)=CCNc1nccc(C)c1C(=O)O. The van der Waals surface area contributed by atoms with Crippen molar-refractivity contribution in [1.82, 2.24) is 4.98 Å².